The van der Waals surface area contributed by atoms with Crippen LogP contribution in [0.5, 0.6) is 0 Å². The Kier molecular flexibility index (Phi) is 5.57. The molecule has 1 saturated heterocycles. The summed E-state index contributed by atoms with van der Waals surface area (Å²) in [6, 6.07) is 9.56. The lowest BCUT2D eigenvalue weighted by atomic mass is 9.96. The third-order valence-corrected chi connectivity index (χ3v) is 3.61. The van der Waals surface area contributed by atoms with Gasteiger partial charge in [-0.2, -0.15) is 0 Å². The Hall–Kier alpha value is -2.08. The summed E-state index contributed by atoms with van der Waals surface area (Å²) in [5.74, 6) is -0.0958. The van der Waals surface area contributed by atoms with Gasteiger partial charge in [0.2, 0.25) is 5.91 Å². The fourth-order valence-corrected chi connectivity index (χ4v) is 2.38. The molecule has 1 aliphatic heterocycles. The highest BCUT2D eigenvalue weighted by Gasteiger charge is 2.27. The van der Waals surface area contributed by atoms with Crippen molar-refractivity contribution in [2.45, 2.75) is 19.4 Å². The predicted molar refractivity (Wildman–Crippen MR) is 78.1 cm³/mol. The highest BCUT2D eigenvalue weighted by molar-refractivity contribution is 5.79. The van der Waals surface area contributed by atoms with Gasteiger partial charge in [0.05, 0.1) is 6.67 Å². The molecule has 2 rings (SSSR count). The van der Waals surface area contributed by atoms with Gasteiger partial charge in [-0.05, 0) is 18.4 Å². The predicted octanol–water partition coefficient (Wildman–Crippen LogP) is 1.07. The van der Waals surface area contributed by atoms with E-state index in [1.165, 1.54) is 0 Å². The van der Waals surface area contributed by atoms with E-state index in [0.717, 1.165) is 5.56 Å². The Morgan fingerprint density at radius 1 is 1.24 bits per heavy atom. The van der Waals surface area contributed by atoms with Crippen LogP contribution in [0.1, 0.15) is 18.4 Å². The summed E-state index contributed by atoms with van der Waals surface area (Å²) in [7, 11) is 0. The molecule has 0 unspecified atom stereocenters. The van der Waals surface area contributed by atoms with Crippen LogP contribution in [0.25, 0.3) is 0 Å². The number of carbonyl (C=O) groups is 2. The molecule has 3 N–H and O–H groups in total. The molecule has 2 amide bonds. The molecule has 1 aliphatic rings. The molecule has 0 bridgehead atoms. The summed E-state index contributed by atoms with van der Waals surface area (Å²) in [6.07, 6.45) is 0.968. The Bertz CT molecular complexity index is 470. The summed E-state index contributed by atoms with van der Waals surface area (Å²) < 4.78 is 5.28. The largest absolute Gasteiger partial charge is 0.445 e. The first-order valence-corrected chi connectivity index (χ1v) is 7.14. The zero-order chi connectivity index (χ0) is 15.1. The lowest BCUT2D eigenvalue weighted by Crippen LogP contribution is -2.44. The normalized spacial score (nSPS) is 15.6. The van der Waals surface area contributed by atoms with Gasteiger partial charge in [0.25, 0.3) is 0 Å². The van der Waals surface area contributed by atoms with Gasteiger partial charge in [-0.3, -0.25) is 4.79 Å². The number of rotatable bonds is 4. The van der Waals surface area contributed by atoms with Crippen molar-refractivity contribution in [1.29, 1.82) is 0 Å². The minimum atomic E-state index is -0.323. The third-order valence-electron chi connectivity index (χ3n) is 3.61. The first-order valence-electron chi connectivity index (χ1n) is 7.14. The van der Waals surface area contributed by atoms with Gasteiger partial charge < -0.3 is 20.7 Å². The van der Waals surface area contributed by atoms with Gasteiger partial charge >= 0.3 is 6.09 Å². The van der Waals surface area contributed by atoms with Crippen molar-refractivity contribution in [2.75, 3.05) is 19.8 Å². The number of nitrogens with one attached hydrogen (secondary N) is 1. The zero-order valence-electron chi connectivity index (χ0n) is 12.0. The number of likely N-dealkylation sites (tertiary alicyclic amines) is 1. The van der Waals surface area contributed by atoms with E-state index in [0.29, 0.717) is 25.9 Å². The fraction of sp³-hybridized carbons (Fsp3) is 0.467. The van der Waals surface area contributed by atoms with Crippen molar-refractivity contribution in [1.82, 2.24) is 10.2 Å². The highest BCUT2D eigenvalue weighted by Crippen LogP contribution is 2.18. The minimum Gasteiger partial charge on any atom is -0.445 e. The molecule has 0 aliphatic carbocycles. The maximum atomic E-state index is 12.0. The van der Waals surface area contributed by atoms with Crippen LogP contribution >= 0.6 is 0 Å². The smallest absolute Gasteiger partial charge is 0.410 e. The van der Waals surface area contributed by atoms with Gasteiger partial charge in [-0.25, -0.2) is 4.79 Å². The average Bonchev–Trinajstić information content (AvgIpc) is 2.54. The van der Waals surface area contributed by atoms with Gasteiger partial charge in [0.1, 0.15) is 6.61 Å². The number of hydrogen-bond acceptors (Lipinski definition) is 4. The van der Waals surface area contributed by atoms with E-state index in [1.807, 2.05) is 30.3 Å². The second-order valence-corrected chi connectivity index (χ2v) is 5.05. The molecule has 0 atom stereocenters. The molecule has 0 saturated carbocycles. The number of amides is 2. The number of nitrogens with zero attached hydrogens (tertiary/aromatic N) is 1. The number of ether oxygens (including phenoxy) is 1. The Balaban J connectivity index is 1.74. The van der Waals surface area contributed by atoms with E-state index in [2.05, 4.69) is 5.32 Å². The second kappa shape index (κ2) is 7.64. The fourth-order valence-electron chi connectivity index (χ4n) is 2.38. The lowest BCUT2D eigenvalue weighted by molar-refractivity contribution is -0.126. The molecule has 1 heterocycles. The van der Waals surface area contributed by atoms with Gasteiger partial charge in [0, 0.05) is 19.0 Å². The number of piperidine rings is 1. The van der Waals surface area contributed by atoms with Crippen LogP contribution in [0.15, 0.2) is 30.3 Å². The highest BCUT2D eigenvalue weighted by atomic mass is 16.6. The molecular weight excluding hydrogens is 270 g/mol. The maximum Gasteiger partial charge on any atom is 0.410 e. The SMILES string of the molecule is NCNC(=O)C1CCN(C(=O)OCc2ccccc2)CC1. The van der Waals surface area contributed by atoms with Gasteiger partial charge in [-0.1, -0.05) is 30.3 Å². The van der Waals surface area contributed by atoms with Crippen LogP contribution in [0.3, 0.4) is 0 Å². The molecule has 6 nitrogen and oxygen atoms in total. The van der Waals surface area contributed by atoms with Gasteiger partial charge in [0.15, 0.2) is 0 Å². The van der Waals surface area contributed by atoms with Crippen molar-refractivity contribution in [3.05, 3.63) is 35.9 Å². The molecule has 0 radical (unpaired) electrons. The quantitative estimate of drug-likeness (QED) is 0.813. The summed E-state index contributed by atoms with van der Waals surface area (Å²) in [6.45, 7) is 1.50. The molecule has 0 spiro atoms. The Labute approximate surface area is 124 Å². The first-order chi connectivity index (χ1) is 10.2. The van der Waals surface area contributed by atoms with E-state index >= 15 is 0 Å². The first kappa shape index (κ1) is 15.3. The van der Waals surface area contributed by atoms with Crippen molar-refractivity contribution >= 4 is 12.0 Å². The topological polar surface area (TPSA) is 84.7 Å². The van der Waals surface area contributed by atoms with Crippen LogP contribution in [0.4, 0.5) is 4.79 Å². The minimum absolute atomic E-state index is 0.0326. The summed E-state index contributed by atoms with van der Waals surface area (Å²) in [5.41, 5.74) is 6.25. The average molecular weight is 291 g/mol. The number of carbonyl (C=O) groups excluding carboxylic acids is 2. The van der Waals surface area contributed by atoms with E-state index in [4.69, 9.17) is 10.5 Å². The summed E-state index contributed by atoms with van der Waals surface area (Å²) in [5, 5.41) is 2.61. The lowest BCUT2D eigenvalue weighted by Gasteiger charge is -2.30. The third kappa shape index (κ3) is 4.46. The van der Waals surface area contributed by atoms with Crippen LogP contribution in [0, 0.1) is 5.92 Å². The van der Waals surface area contributed by atoms with Gasteiger partial charge in [-0.15, -0.1) is 0 Å². The Morgan fingerprint density at radius 2 is 1.90 bits per heavy atom. The summed E-state index contributed by atoms with van der Waals surface area (Å²) >= 11 is 0. The molecule has 1 aromatic carbocycles. The van der Waals surface area contributed by atoms with Crippen molar-refractivity contribution < 1.29 is 14.3 Å². The molecule has 6 heteroatoms. The number of hydrogen-bond donors (Lipinski definition) is 2. The van der Waals surface area contributed by atoms with Crippen LogP contribution in [-0.2, 0) is 16.1 Å². The monoisotopic (exact) mass is 291 g/mol. The van der Waals surface area contributed by atoms with E-state index in [9.17, 15) is 9.59 Å². The second-order valence-electron chi connectivity index (χ2n) is 5.05. The number of benzene rings is 1. The molecular formula is C15H21N3O3. The maximum absolute atomic E-state index is 12.0. The van der Waals surface area contributed by atoms with Crippen LogP contribution in [-0.4, -0.2) is 36.7 Å². The summed E-state index contributed by atoms with van der Waals surface area (Å²) in [4.78, 5) is 25.3. The van der Waals surface area contributed by atoms with Crippen molar-refractivity contribution in [2.24, 2.45) is 11.7 Å². The van der Waals surface area contributed by atoms with Crippen molar-refractivity contribution in [3.8, 4) is 0 Å². The van der Waals surface area contributed by atoms with Crippen molar-refractivity contribution in [3.63, 3.8) is 0 Å². The molecule has 21 heavy (non-hydrogen) atoms. The van der Waals surface area contributed by atoms with E-state index in [1.54, 1.807) is 4.90 Å². The van der Waals surface area contributed by atoms with Crippen LogP contribution < -0.4 is 11.1 Å². The van der Waals surface area contributed by atoms with E-state index in [-0.39, 0.29) is 31.2 Å². The molecule has 114 valence electrons. The number of nitrogens with two attached hydrogens (primary N) is 1. The molecule has 1 aromatic rings. The Morgan fingerprint density at radius 3 is 2.52 bits per heavy atom. The van der Waals surface area contributed by atoms with Crippen LogP contribution in [0.2, 0.25) is 0 Å². The molecule has 1 fully saturated rings. The zero-order valence-corrected chi connectivity index (χ0v) is 12.0. The molecule has 0 aromatic heterocycles. The standard InChI is InChI=1S/C15H21N3O3/c16-11-17-14(19)13-6-8-18(9-7-13)15(20)21-10-12-4-2-1-3-5-12/h1-5,13H,6-11,16H2,(H,17,19). The van der Waals surface area contributed by atoms with E-state index < -0.39 is 0 Å².